The van der Waals surface area contributed by atoms with E-state index in [0.717, 1.165) is 21.2 Å². The Bertz CT molecular complexity index is 683. The Morgan fingerprint density at radius 3 is 2.63 bits per heavy atom. The largest absolute Gasteiger partial charge is 0.326 e. The second-order valence-corrected chi connectivity index (χ2v) is 7.01. The molecule has 0 saturated carbocycles. The molecule has 102 valence electrons. The van der Waals surface area contributed by atoms with E-state index in [-0.39, 0.29) is 16.4 Å². The maximum atomic E-state index is 13.6. The second kappa shape index (κ2) is 5.28. The van der Waals surface area contributed by atoms with Crippen LogP contribution in [0.25, 0.3) is 0 Å². The molecule has 0 fully saturated rings. The molecule has 0 amide bonds. The van der Waals surface area contributed by atoms with Gasteiger partial charge in [0.05, 0.1) is 5.69 Å². The number of nitrogens with two attached hydrogens (primary N) is 1. The third-order valence-corrected chi connectivity index (χ3v) is 5.91. The number of thiophene rings is 1. The highest BCUT2D eigenvalue weighted by atomic mass is 32.2. The molecule has 1 aromatic carbocycles. The van der Waals surface area contributed by atoms with E-state index in [1.54, 1.807) is 11.4 Å². The smallest absolute Gasteiger partial charge is 0.273 e. The molecule has 0 unspecified atom stereocenters. The standard InChI is InChI=1S/C12H13FN2O2S2/c1-15(11-5-3-2-4-10(11)13)19(16,17)12-6-9(7-14)8-18-12/h2-6,8H,7,14H2,1H3. The van der Waals surface area contributed by atoms with Crippen LogP contribution < -0.4 is 10.0 Å². The van der Waals surface area contributed by atoms with Crippen molar-refractivity contribution < 1.29 is 12.8 Å². The van der Waals surface area contributed by atoms with Crippen molar-refractivity contribution in [1.82, 2.24) is 0 Å². The number of rotatable bonds is 4. The maximum absolute atomic E-state index is 13.6. The average molecular weight is 300 g/mol. The molecule has 1 heterocycles. The summed E-state index contributed by atoms with van der Waals surface area (Å²) in [5, 5.41) is 1.68. The number of hydrogen-bond donors (Lipinski definition) is 1. The van der Waals surface area contributed by atoms with E-state index in [9.17, 15) is 12.8 Å². The Hall–Kier alpha value is -1.44. The van der Waals surface area contributed by atoms with Crippen molar-refractivity contribution in [3.8, 4) is 0 Å². The summed E-state index contributed by atoms with van der Waals surface area (Å²) in [5.74, 6) is -0.579. The summed E-state index contributed by atoms with van der Waals surface area (Å²) in [4.78, 5) is 0. The van der Waals surface area contributed by atoms with Crippen LogP contribution >= 0.6 is 11.3 Å². The lowest BCUT2D eigenvalue weighted by Crippen LogP contribution is -2.26. The molecule has 2 aromatic rings. The Kier molecular flexibility index (Phi) is 3.88. The number of anilines is 1. The fourth-order valence-corrected chi connectivity index (χ4v) is 4.16. The molecule has 0 aliphatic rings. The minimum atomic E-state index is -3.75. The van der Waals surface area contributed by atoms with Crippen molar-refractivity contribution in [3.63, 3.8) is 0 Å². The third-order valence-electron chi connectivity index (χ3n) is 2.67. The van der Waals surface area contributed by atoms with Gasteiger partial charge in [0.25, 0.3) is 10.0 Å². The minimum absolute atomic E-state index is 0.0187. The molecule has 0 aliphatic carbocycles. The highest BCUT2D eigenvalue weighted by molar-refractivity contribution is 7.94. The van der Waals surface area contributed by atoms with Crippen LogP contribution in [0.2, 0.25) is 0 Å². The zero-order valence-electron chi connectivity index (χ0n) is 10.2. The van der Waals surface area contributed by atoms with Crippen molar-refractivity contribution >= 4 is 27.0 Å². The molecule has 2 rings (SSSR count). The number of hydrogen-bond acceptors (Lipinski definition) is 4. The van der Waals surface area contributed by atoms with Gasteiger partial charge in [-0.25, -0.2) is 12.8 Å². The molecule has 1 aromatic heterocycles. The van der Waals surface area contributed by atoms with Gasteiger partial charge in [-0.3, -0.25) is 4.31 Å². The molecular weight excluding hydrogens is 287 g/mol. The first-order valence-corrected chi connectivity index (χ1v) is 7.79. The number of nitrogens with zero attached hydrogens (tertiary/aromatic N) is 1. The first kappa shape index (κ1) is 14.0. The van der Waals surface area contributed by atoms with E-state index >= 15 is 0 Å². The van der Waals surface area contributed by atoms with Gasteiger partial charge in [-0.1, -0.05) is 12.1 Å². The fourth-order valence-electron chi connectivity index (χ4n) is 1.57. The van der Waals surface area contributed by atoms with Crippen molar-refractivity contribution in [1.29, 1.82) is 0 Å². The molecule has 7 heteroatoms. The lowest BCUT2D eigenvalue weighted by molar-refractivity contribution is 0.591. The summed E-state index contributed by atoms with van der Waals surface area (Å²) in [5.41, 5.74) is 6.22. The Morgan fingerprint density at radius 2 is 2.05 bits per heavy atom. The van der Waals surface area contributed by atoms with Crippen LogP contribution in [0.3, 0.4) is 0 Å². The van der Waals surface area contributed by atoms with Crippen LogP contribution in [0.1, 0.15) is 5.56 Å². The molecule has 19 heavy (non-hydrogen) atoms. The summed E-state index contributed by atoms with van der Waals surface area (Å²) >= 11 is 1.08. The van der Waals surface area contributed by atoms with Crippen LogP contribution in [0.5, 0.6) is 0 Å². The van der Waals surface area contributed by atoms with Crippen LogP contribution in [-0.2, 0) is 16.6 Å². The molecule has 4 nitrogen and oxygen atoms in total. The number of benzene rings is 1. The van der Waals surface area contributed by atoms with Crippen molar-refractivity contribution in [2.24, 2.45) is 5.73 Å². The lowest BCUT2D eigenvalue weighted by Gasteiger charge is -2.18. The predicted octanol–water partition coefficient (Wildman–Crippen LogP) is 2.17. The molecule has 0 aliphatic heterocycles. The second-order valence-electron chi connectivity index (χ2n) is 3.90. The molecule has 0 saturated heterocycles. The van der Waals surface area contributed by atoms with Gasteiger partial charge < -0.3 is 5.73 Å². The van der Waals surface area contributed by atoms with Gasteiger partial charge in [-0.05, 0) is 29.1 Å². The SMILES string of the molecule is CN(c1ccccc1F)S(=O)(=O)c1cc(CN)cs1. The quantitative estimate of drug-likeness (QED) is 0.941. The minimum Gasteiger partial charge on any atom is -0.326 e. The van der Waals surface area contributed by atoms with E-state index in [1.165, 1.54) is 31.3 Å². The molecule has 0 bridgehead atoms. The molecule has 0 spiro atoms. The number of para-hydroxylation sites is 1. The van der Waals surface area contributed by atoms with E-state index in [0.29, 0.717) is 0 Å². The maximum Gasteiger partial charge on any atom is 0.273 e. The van der Waals surface area contributed by atoms with Gasteiger partial charge >= 0.3 is 0 Å². The fraction of sp³-hybridized carbons (Fsp3) is 0.167. The van der Waals surface area contributed by atoms with Crippen molar-refractivity contribution in [2.75, 3.05) is 11.4 Å². The van der Waals surface area contributed by atoms with Gasteiger partial charge in [-0.15, -0.1) is 11.3 Å². The molecule has 0 atom stereocenters. The van der Waals surface area contributed by atoms with Crippen molar-refractivity contribution in [2.45, 2.75) is 10.8 Å². The van der Waals surface area contributed by atoms with Gasteiger partial charge in [0, 0.05) is 13.6 Å². The molecular formula is C12H13FN2O2S2. The topological polar surface area (TPSA) is 63.4 Å². The van der Waals surface area contributed by atoms with Crippen LogP contribution in [0.15, 0.2) is 39.9 Å². The molecule has 2 N–H and O–H groups in total. The summed E-state index contributed by atoms with van der Waals surface area (Å²) in [6, 6.07) is 7.25. The normalized spacial score (nSPS) is 11.5. The summed E-state index contributed by atoms with van der Waals surface area (Å²) in [6.45, 7) is 0.273. The Morgan fingerprint density at radius 1 is 1.37 bits per heavy atom. The van der Waals surface area contributed by atoms with Crippen LogP contribution in [-0.4, -0.2) is 15.5 Å². The van der Waals surface area contributed by atoms with Crippen LogP contribution in [0.4, 0.5) is 10.1 Å². The van der Waals surface area contributed by atoms with E-state index < -0.39 is 15.8 Å². The Balaban J connectivity index is 2.42. The average Bonchev–Trinajstić information content (AvgIpc) is 2.88. The Labute approximate surface area is 115 Å². The first-order chi connectivity index (χ1) is 8.96. The highest BCUT2D eigenvalue weighted by Gasteiger charge is 2.24. The molecule has 0 radical (unpaired) electrons. The number of sulfonamides is 1. The van der Waals surface area contributed by atoms with Crippen LogP contribution in [0, 0.1) is 5.82 Å². The van der Waals surface area contributed by atoms with Gasteiger partial charge in [-0.2, -0.15) is 0 Å². The van der Waals surface area contributed by atoms with E-state index in [4.69, 9.17) is 5.73 Å². The summed E-state index contributed by atoms with van der Waals surface area (Å²) in [7, 11) is -2.42. The zero-order valence-corrected chi connectivity index (χ0v) is 11.8. The van der Waals surface area contributed by atoms with E-state index in [2.05, 4.69) is 0 Å². The number of halogens is 1. The summed E-state index contributed by atoms with van der Waals surface area (Å²) in [6.07, 6.45) is 0. The third kappa shape index (κ3) is 2.63. The van der Waals surface area contributed by atoms with Gasteiger partial charge in [0.2, 0.25) is 0 Å². The van der Waals surface area contributed by atoms with E-state index in [1.807, 2.05) is 0 Å². The monoisotopic (exact) mass is 300 g/mol. The summed E-state index contributed by atoms with van der Waals surface area (Å²) < 4.78 is 39.4. The predicted molar refractivity (Wildman–Crippen MR) is 74.2 cm³/mol. The van der Waals surface area contributed by atoms with Crippen molar-refractivity contribution in [3.05, 3.63) is 47.1 Å². The van der Waals surface area contributed by atoms with Gasteiger partial charge in [0.1, 0.15) is 10.0 Å². The highest BCUT2D eigenvalue weighted by Crippen LogP contribution is 2.28. The lowest BCUT2D eigenvalue weighted by atomic mass is 10.3. The zero-order chi connectivity index (χ0) is 14.0. The van der Waals surface area contributed by atoms with Gasteiger partial charge in [0.15, 0.2) is 0 Å². The first-order valence-electron chi connectivity index (χ1n) is 5.47.